The van der Waals surface area contributed by atoms with Gasteiger partial charge in [-0.3, -0.25) is 9.89 Å². The van der Waals surface area contributed by atoms with Crippen molar-refractivity contribution in [2.45, 2.75) is 38.6 Å². The van der Waals surface area contributed by atoms with Crippen molar-refractivity contribution in [1.29, 1.82) is 0 Å². The molecule has 0 aliphatic heterocycles. The van der Waals surface area contributed by atoms with Gasteiger partial charge in [0.05, 0.1) is 5.69 Å². The minimum Gasteiger partial charge on any atom is -0.350 e. The van der Waals surface area contributed by atoms with Gasteiger partial charge in [0.25, 0.3) is 0 Å². The second kappa shape index (κ2) is 5.66. The summed E-state index contributed by atoms with van der Waals surface area (Å²) >= 11 is 0. The molecule has 0 unspecified atom stereocenters. The van der Waals surface area contributed by atoms with Crippen LogP contribution < -0.4 is 5.32 Å². The maximum absolute atomic E-state index is 11.7. The van der Waals surface area contributed by atoms with Crippen molar-refractivity contribution < 1.29 is 4.79 Å². The molecule has 1 aliphatic carbocycles. The Morgan fingerprint density at radius 3 is 2.88 bits per heavy atom. The van der Waals surface area contributed by atoms with E-state index in [9.17, 15) is 4.79 Å². The van der Waals surface area contributed by atoms with Crippen molar-refractivity contribution >= 4 is 12.0 Å². The maximum Gasteiger partial charge on any atom is 0.244 e. The highest BCUT2D eigenvalue weighted by atomic mass is 16.1. The van der Waals surface area contributed by atoms with Gasteiger partial charge in [0.1, 0.15) is 0 Å². The van der Waals surface area contributed by atoms with Gasteiger partial charge in [0, 0.05) is 18.3 Å². The second-order valence-electron chi connectivity index (χ2n) is 4.81. The fraction of sp³-hybridized carbons (Fsp3) is 0.538. The average Bonchev–Trinajstić information content (AvgIpc) is 2.83. The summed E-state index contributed by atoms with van der Waals surface area (Å²) in [7, 11) is 0. The molecule has 0 saturated heterocycles. The van der Waals surface area contributed by atoms with E-state index in [0.717, 1.165) is 24.5 Å². The van der Waals surface area contributed by atoms with Crippen LogP contribution in [0.5, 0.6) is 0 Å². The fourth-order valence-electron chi connectivity index (χ4n) is 2.18. The van der Waals surface area contributed by atoms with Gasteiger partial charge in [-0.15, -0.1) is 0 Å². The first-order valence-electron chi connectivity index (χ1n) is 6.22. The summed E-state index contributed by atoms with van der Waals surface area (Å²) < 4.78 is 0. The zero-order valence-electron chi connectivity index (χ0n) is 10.1. The third-order valence-corrected chi connectivity index (χ3v) is 3.30. The fourth-order valence-corrected chi connectivity index (χ4v) is 2.18. The third-order valence-electron chi connectivity index (χ3n) is 3.30. The summed E-state index contributed by atoms with van der Waals surface area (Å²) in [5, 5.41) is 9.64. The van der Waals surface area contributed by atoms with E-state index in [1.807, 2.05) is 6.07 Å². The number of aromatic nitrogens is 2. The predicted octanol–water partition coefficient (Wildman–Crippen LogP) is 2.12. The Balaban J connectivity index is 1.77. The summed E-state index contributed by atoms with van der Waals surface area (Å²) in [5.74, 6) is 0.794. The standard InChI is InChI=1S/C13H19N3O/c1-10-2-4-11(5-3-10)15-13(17)7-6-12-8-9-14-16-12/h6-11H,2-5H2,1H3,(H,14,16)(H,15,17)/b7-6+. The lowest BCUT2D eigenvalue weighted by atomic mass is 9.87. The van der Waals surface area contributed by atoms with Crippen molar-refractivity contribution in [2.24, 2.45) is 5.92 Å². The molecule has 17 heavy (non-hydrogen) atoms. The van der Waals surface area contributed by atoms with Crippen LogP contribution in [-0.2, 0) is 4.79 Å². The first-order valence-corrected chi connectivity index (χ1v) is 6.22. The third kappa shape index (κ3) is 3.73. The number of nitrogens with one attached hydrogen (secondary N) is 2. The lowest BCUT2D eigenvalue weighted by Crippen LogP contribution is -2.36. The first kappa shape index (κ1) is 11.9. The number of H-pyrrole nitrogens is 1. The number of aromatic amines is 1. The highest BCUT2D eigenvalue weighted by molar-refractivity contribution is 5.91. The molecule has 4 nitrogen and oxygen atoms in total. The molecule has 1 fully saturated rings. The molecular formula is C13H19N3O. The van der Waals surface area contributed by atoms with Crippen molar-refractivity contribution in [2.75, 3.05) is 0 Å². The zero-order chi connectivity index (χ0) is 12.1. The number of nitrogens with zero attached hydrogens (tertiary/aromatic N) is 1. The largest absolute Gasteiger partial charge is 0.350 e. The van der Waals surface area contributed by atoms with Crippen LogP contribution in [0.15, 0.2) is 18.3 Å². The van der Waals surface area contributed by atoms with Gasteiger partial charge in [-0.05, 0) is 43.7 Å². The van der Waals surface area contributed by atoms with Gasteiger partial charge in [-0.1, -0.05) is 6.92 Å². The van der Waals surface area contributed by atoms with Crippen LogP contribution in [0.25, 0.3) is 6.08 Å². The predicted molar refractivity (Wildman–Crippen MR) is 67.2 cm³/mol. The van der Waals surface area contributed by atoms with Crippen LogP contribution in [0, 0.1) is 5.92 Å². The highest BCUT2D eigenvalue weighted by Gasteiger charge is 2.18. The lowest BCUT2D eigenvalue weighted by Gasteiger charge is -2.26. The quantitative estimate of drug-likeness (QED) is 0.786. The van der Waals surface area contributed by atoms with Crippen LogP contribution in [0.2, 0.25) is 0 Å². The van der Waals surface area contributed by atoms with Crippen molar-refractivity contribution in [1.82, 2.24) is 15.5 Å². The van der Waals surface area contributed by atoms with Gasteiger partial charge in [0.2, 0.25) is 5.91 Å². The molecule has 1 aliphatic rings. The van der Waals surface area contributed by atoms with E-state index < -0.39 is 0 Å². The van der Waals surface area contributed by atoms with Crippen LogP contribution in [0.4, 0.5) is 0 Å². The van der Waals surface area contributed by atoms with E-state index in [1.165, 1.54) is 12.8 Å². The van der Waals surface area contributed by atoms with E-state index in [-0.39, 0.29) is 5.91 Å². The van der Waals surface area contributed by atoms with Gasteiger partial charge in [-0.2, -0.15) is 5.10 Å². The number of hydrogen-bond donors (Lipinski definition) is 2. The molecule has 0 bridgehead atoms. The van der Waals surface area contributed by atoms with Crippen LogP contribution in [0.1, 0.15) is 38.3 Å². The minimum atomic E-state index is -0.0147. The van der Waals surface area contributed by atoms with E-state index >= 15 is 0 Å². The van der Waals surface area contributed by atoms with Crippen LogP contribution in [-0.4, -0.2) is 22.1 Å². The molecule has 2 N–H and O–H groups in total. The van der Waals surface area contributed by atoms with E-state index in [2.05, 4.69) is 22.4 Å². The molecule has 0 aromatic carbocycles. The number of carbonyl (C=O) groups is 1. The van der Waals surface area contributed by atoms with E-state index in [0.29, 0.717) is 6.04 Å². The van der Waals surface area contributed by atoms with Gasteiger partial charge < -0.3 is 5.32 Å². The number of amides is 1. The highest BCUT2D eigenvalue weighted by Crippen LogP contribution is 2.23. The Bertz CT molecular complexity index is 375. The summed E-state index contributed by atoms with van der Waals surface area (Å²) in [6.07, 6.45) is 9.61. The smallest absolute Gasteiger partial charge is 0.244 e. The minimum absolute atomic E-state index is 0.0147. The van der Waals surface area contributed by atoms with Gasteiger partial charge >= 0.3 is 0 Å². The molecule has 0 atom stereocenters. The molecule has 0 radical (unpaired) electrons. The Hall–Kier alpha value is -1.58. The number of carbonyl (C=O) groups excluding carboxylic acids is 1. The SMILES string of the molecule is CC1CCC(NC(=O)/C=C/c2ccn[nH]2)CC1. The molecule has 1 aromatic rings. The average molecular weight is 233 g/mol. The lowest BCUT2D eigenvalue weighted by molar-refractivity contribution is -0.117. The summed E-state index contributed by atoms with van der Waals surface area (Å²) in [4.78, 5) is 11.7. The molecule has 1 heterocycles. The molecule has 92 valence electrons. The Kier molecular flexibility index (Phi) is 3.96. The molecule has 1 aromatic heterocycles. The summed E-state index contributed by atoms with van der Waals surface area (Å²) in [6.45, 7) is 2.27. The molecule has 1 saturated carbocycles. The Morgan fingerprint density at radius 1 is 1.47 bits per heavy atom. The maximum atomic E-state index is 11.7. The van der Waals surface area contributed by atoms with Crippen molar-refractivity contribution in [3.05, 3.63) is 24.0 Å². The first-order chi connectivity index (χ1) is 8.24. The molecule has 1 amide bonds. The summed E-state index contributed by atoms with van der Waals surface area (Å²) in [6, 6.07) is 2.18. The molecule has 4 heteroatoms. The van der Waals surface area contributed by atoms with Crippen molar-refractivity contribution in [3.8, 4) is 0 Å². The normalized spacial score (nSPS) is 25.0. The van der Waals surface area contributed by atoms with Crippen LogP contribution in [0.3, 0.4) is 0 Å². The molecule has 2 rings (SSSR count). The van der Waals surface area contributed by atoms with Gasteiger partial charge in [-0.25, -0.2) is 0 Å². The summed E-state index contributed by atoms with van der Waals surface area (Å²) in [5.41, 5.74) is 0.845. The zero-order valence-corrected chi connectivity index (χ0v) is 10.1. The molecule has 0 spiro atoms. The van der Waals surface area contributed by atoms with Crippen LogP contribution >= 0.6 is 0 Å². The topological polar surface area (TPSA) is 57.8 Å². The Morgan fingerprint density at radius 2 is 2.24 bits per heavy atom. The van der Waals surface area contributed by atoms with Crippen molar-refractivity contribution in [3.63, 3.8) is 0 Å². The Labute approximate surface area is 101 Å². The number of rotatable bonds is 3. The van der Waals surface area contributed by atoms with E-state index in [4.69, 9.17) is 0 Å². The molecular weight excluding hydrogens is 214 g/mol. The second-order valence-corrected chi connectivity index (χ2v) is 4.81. The van der Waals surface area contributed by atoms with Gasteiger partial charge in [0.15, 0.2) is 0 Å². The number of hydrogen-bond acceptors (Lipinski definition) is 2. The van der Waals surface area contributed by atoms with E-state index in [1.54, 1.807) is 18.3 Å². The monoisotopic (exact) mass is 233 g/mol.